The first-order valence-electron chi connectivity index (χ1n) is 6.26. The maximum absolute atomic E-state index is 10.9. The van der Waals surface area contributed by atoms with E-state index in [1.807, 2.05) is 17.5 Å². The molecule has 106 valence electrons. The molecular weight excluding hydrogens is 276 g/mol. The van der Waals surface area contributed by atoms with Gasteiger partial charge in [-0.2, -0.15) is 0 Å². The summed E-state index contributed by atoms with van der Waals surface area (Å²) in [6.07, 6.45) is 0.863. The van der Waals surface area contributed by atoms with Crippen LogP contribution in [0.5, 0.6) is 0 Å². The predicted molar refractivity (Wildman–Crippen MR) is 80.3 cm³/mol. The number of rotatable bonds is 7. The zero-order chi connectivity index (χ0) is 14.4. The van der Waals surface area contributed by atoms with Crippen molar-refractivity contribution in [2.24, 2.45) is 0 Å². The quantitative estimate of drug-likeness (QED) is 0.482. The van der Waals surface area contributed by atoms with Crippen LogP contribution in [0, 0.1) is 10.1 Å². The van der Waals surface area contributed by atoms with Crippen LogP contribution in [-0.4, -0.2) is 18.6 Å². The molecule has 0 amide bonds. The lowest BCUT2D eigenvalue weighted by Crippen LogP contribution is -2.04. The normalized spacial score (nSPS) is 10.4. The van der Waals surface area contributed by atoms with E-state index in [1.165, 1.54) is 10.9 Å². The minimum absolute atomic E-state index is 0.0758. The monoisotopic (exact) mass is 292 g/mol. The van der Waals surface area contributed by atoms with Crippen LogP contribution in [0.4, 0.5) is 11.4 Å². The minimum Gasteiger partial charge on any atom is -0.382 e. The molecule has 2 aromatic rings. The lowest BCUT2D eigenvalue weighted by Gasteiger charge is -2.10. The van der Waals surface area contributed by atoms with Gasteiger partial charge in [0.15, 0.2) is 0 Å². The third-order valence-electron chi connectivity index (χ3n) is 2.91. The summed E-state index contributed by atoms with van der Waals surface area (Å²) in [7, 11) is 1.68. The zero-order valence-corrected chi connectivity index (χ0v) is 12.0. The molecule has 0 bridgehead atoms. The van der Waals surface area contributed by atoms with Gasteiger partial charge in [0.05, 0.1) is 18.1 Å². The highest BCUT2D eigenvalue weighted by atomic mass is 32.1. The predicted octanol–water partition coefficient (Wildman–Crippen LogP) is 3.46. The highest BCUT2D eigenvalue weighted by molar-refractivity contribution is 7.09. The van der Waals surface area contributed by atoms with Gasteiger partial charge in [-0.05, 0) is 11.4 Å². The number of nitro benzene ring substituents is 1. The van der Waals surface area contributed by atoms with Gasteiger partial charge in [0.1, 0.15) is 5.69 Å². The molecule has 20 heavy (non-hydrogen) atoms. The van der Waals surface area contributed by atoms with Gasteiger partial charge in [0.25, 0.3) is 5.69 Å². The molecular formula is C14H16N2O3S. The van der Waals surface area contributed by atoms with Gasteiger partial charge in [0, 0.05) is 30.0 Å². The molecule has 1 aromatic carbocycles. The topological polar surface area (TPSA) is 64.4 Å². The number of para-hydroxylation sites is 1. The van der Waals surface area contributed by atoms with E-state index in [2.05, 4.69) is 11.4 Å². The van der Waals surface area contributed by atoms with Crippen LogP contribution in [0.3, 0.4) is 0 Å². The Kier molecular flexibility index (Phi) is 5.09. The second-order valence-electron chi connectivity index (χ2n) is 4.20. The van der Waals surface area contributed by atoms with E-state index in [4.69, 9.17) is 4.74 Å². The lowest BCUT2D eigenvalue weighted by atomic mass is 10.1. The summed E-state index contributed by atoms with van der Waals surface area (Å²) < 4.78 is 5.61. The molecule has 1 heterocycles. The number of benzene rings is 1. The Balaban J connectivity index is 1.95. The standard InChI is InChI=1S/C14H16N2O3S/c1-15-14-11(4-2-6-13(14)16(17)18)10-19-8-7-12-5-3-9-20-12/h2-6,9,15H,7-8,10H2,1H3. The summed E-state index contributed by atoms with van der Waals surface area (Å²) in [5.41, 5.74) is 1.40. The van der Waals surface area contributed by atoms with Crippen molar-refractivity contribution in [1.29, 1.82) is 0 Å². The largest absolute Gasteiger partial charge is 0.382 e. The summed E-state index contributed by atoms with van der Waals surface area (Å²) >= 11 is 1.70. The fourth-order valence-electron chi connectivity index (χ4n) is 1.96. The number of hydrogen-bond acceptors (Lipinski definition) is 5. The van der Waals surface area contributed by atoms with Crippen LogP contribution < -0.4 is 5.32 Å². The Hall–Kier alpha value is -1.92. The van der Waals surface area contributed by atoms with Crippen LogP contribution in [0.25, 0.3) is 0 Å². The molecule has 0 aliphatic carbocycles. The van der Waals surface area contributed by atoms with Gasteiger partial charge in [-0.1, -0.05) is 18.2 Å². The summed E-state index contributed by atoms with van der Waals surface area (Å²) in [5.74, 6) is 0. The molecule has 0 unspecified atom stereocenters. The van der Waals surface area contributed by atoms with Crippen molar-refractivity contribution in [2.45, 2.75) is 13.0 Å². The van der Waals surface area contributed by atoms with Gasteiger partial charge in [-0.15, -0.1) is 11.3 Å². The first-order valence-corrected chi connectivity index (χ1v) is 7.14. The SMILES string of the molecule is CNc1c(COCCc2cccs2)cccc1[N+](=O)[O-]. The van der Waals surface area contributed by atoms with Crippen molar-refractivity contribution in [2.75, 3.05) is 19.0 Å². The Bertz CT molecular complexity index is 570. The van der Waals surface area contributed by atoms with E-state index in [0.717, 1.165) is 12.0 Å². The van der Waals surface area contributed by atoms with Crippen LogP contribution in [0.15, 0.2) is 35.7 Å². The number of thiophene rings is 1. The summed E-state index contributed by atoms with van der Waals surface area (Å²) in [4.78, 5) is 11.8. The maximum Gasteiger partial charge on any atom is 0.292 e. The molecule has 6 heteroatoms. The average Bonchev–Trinajstić information content (AvgIpc) is 2.96. The summed E-state index contributed by atoms with van der Waals surface area (Å²) in [6, 6.07) is 9.09. The third-order valence-corrected chi connectivity index (χ3v) is 3.84. The molecule has 0 atom stereocenters. The van der Waals surface area contributed by atoms with E-state index in [1.54, 1.807) is 24.5 Å². The number of hydrogen-bond donors (Lipinski definition) is 1. The van der Waals surface area contributed by atoms with Crippen LogP contribution in [-0.2, 0) is 17.8 Å². The maximum atomic E-state index is 10.9. The molecule has 5 nitrogen and oxygen atoms in total. The Morgan fingerprint density at radius 3 is 2.85 bits per heavy atom. The minimum atomic E-state index is -0.388. The van der Waals surface area contributed by atoms with Crippen molar-refractivity contribution in [1.82, 2.24) is 0 Å². The molecule has 1 aromatic heterocycles. The van der Waals surface area contributed by atoms with Crippen molar-refractivity contribution in [3.63, 3.8) is 0 Å². The van der Waals surface area contributed by atoms with Crippen LogP contribution >= 0.6 is 11.3 Å². The van der Waals surface area contributed by atoms with E-state index >= 15 is 0 Å². The highest BCUT2D eigenvalue weighted by Crippen LogP contribution is 2.28. The van der Waals surface area contributed by atoms with Crippen LogP contribution in [0.2, 0.25) is 0 Å². The fourth-order valence-corrected chi connectivity index (χ4v) is 2.65. The molecule has 0 saturated carbocycles. The van der Waals surface area contributed by atoms with E-state index in [-0.39, 0.29) is 10.6 Å². The number of nitro groups is 1. The number of ether oxygens (including phenoxy) is 1. The van der Waals surface area contributed by atoms with Gasteiger partial charge >= 0.3 is 0 Å². The Morgan fingerprint density at radius 1 is 1.35 bits per heavy atom. The zero-order valence-electron chi connectivity index (χ0n) is 11.2. The smallest absolute Gasteiger partial charge is 0.292 e. The molecule has 0 saturated heterocycles. The number of anilines is 1. The lowest BCUT2D eigenvalue weighted by molar-refractivity contribution is -0.384. The molecule has 0 radical (unpaired) electrons. The fraction of sp³-hybridized carbons (Fsp3) is 0.286. The summed E-state index contributed by atoms with van der Waals surface area (Å²) in [6.45, 7) is 0.968. The second-order valence-corrected chi connectivity index (χ2v) is 5.23. The van der Waals surface area contributed by atoms with Crippen molar-refractivity contribution >= 4 is 22.7 Å². The van der Waals surface area contributed by atoms with Gasteiger partial charge in [-0.25, -0.2) is 0 Å². The molecule has 0 aliphatic heterocycles. The Morgan fingerprint density at radius 2 is 2.20 bits per heavy atom. The first-order chi connectivity index (χ1) is 9.72. The average molecular weight is 292 g/mol. The molecule has 2 rings (SSSR count). The van der Waals surface area contributed by atoms with Gasteiger partial charge < -0.3 is 10.1 Å². The van der Waals surface area contributed by atoms with Crippen LogP contribution in [0.1, 0.15) is 10.4 Å². The van der Waals surface area contributed by atoms with Gasteiger partial charge in [-0.3, -0.25) is 10.1 Å². The molecule has 0 spiro atoms. The van der Waals surface area contributed by atoms with Gasteiger partial charge in [0.2, 0.25) is 0 Å². The van der Waals surface area contributed by atoms with Crippen molar-refractivity contribution < 1.29 is 9.66 Å². The van der Waals surface area contributed by atoms with Crippen molar-refractivity contribution in [3.05, 3.63) is 56.3 Å². The number of nitrogens with zero attached hydrogens (tertiary/aromatic N) is 1. The van der Waals surface area contributed by atoms with Crippen molar-refractivity contribution in [3.8, 4) is 0 Å². The molecule has 0 fully saturated rings. The summed E-state index contributed by atoms with van der Waals surface area (Å²) in [5, 5.41) is 15.9. The highest BCUT2D eigenvalue weighted by Gasteiger charge is 2.15. The van der Waals surface area contributed by atoms with E-state index in [9.17, 15) is 10.1 Å². The molecule has 1 N–H and O–H groups in total. The number of nitrogens with one attached hydrogen (secondary N) is 1. The first kappa shape index (κ1) is 14.5. The molecule has 0 aliphatic rings. The van der Waals surface area contributed by atoms with E-state index in [0.29, 0.717) is 18.9 Å². The van der Waals surface area contributed by atoms with E-state index < -0.39 is 0 Å². The Labute approximate surface area is 121 Å². The second kappa shape index (κ2) is 7.02. The third kappa shape index (κ3) is 3.55.